The molecule has 2 amide bonds. The number of carbonyl (C=O) groups excluding carboxylic acids is 2. The number of pyridine rings is 1. The Hall–Kier alpha value is -4.53. The number of halogens is 1. The second kappa shape index (κ2) is 10.4. The van der Waals surface area contributed by atoms with E-state index in [2.05, 4.69) is 15.8 Å². The highest BCUT2D eigenvalue weighted by Crippen LogP contribution is 2.26. The molecule has 0 unspecified atom stereocenters. The fraction of sp³-hybridized carbons (Fsp3) is 0.185. The average molecular weight is 489 g/mol. The van der Waals surface area contributed by atoms with Crippen LogP contribution in [-0.4, -0.2) is 23.0 Å². The standard InChI is InChI=1S/C27H25FN4O4/c1-16-12-13-32(35)18(3)25(16)19-8-10-21(11-9-19)29-27(34)24(14-20-6-4-5-7-23(20)28)30-26(33)22-15-36-31-17(22)2/h4-13,15,24H,14H2,1-3H3,(H,29,34)(H,30,33)/t24-/m0/s1. The number of hydrogen-bond donors (Lipinski definition) is 2. The molecule has 4 rings (SSSR count). The van der Waals surface area contributed by atoms with Gasteiger partial charge in [-0.1, -0.05) is 35.5 Å². The summed E-state index contributed by atoms with van der Waals surface area (Å²) in [5, 5.41) is 21.1. The van der Waals surface area contributed by atoms with Crippen LogP contribution in [0.5, 0.6) is 0 Å². The number of aryl methyl sites for hydroxylation is 2. The van der Waals surface area contributed by atoms with Gasteiger partial charge in [0.15, 0.2) is 11.9 Å². The number of benzene rings is 2. The molecule has 0 spiro atoms. The van der Waals surface area contributed by atoms with E-state index in [0.717, 1.165) is 21.4 Å². The summed E-state index contributed by atoms with van der Waals surface area (Å²) < 4.78 is 20.0. The molecule has 0 bridgehead atoms. The van der Waals surface area contributed by atoms with Crippen LogP contribution in [-0.2, 0) is 11.2 Å². The van der Waals surface area contributed by atoms with E-state index in [1.807, 2.05) is 6.92 Å². The fourth-order valence-electron chi connectivity index (χ4n) is 4.00. The highest BCUT2D eigenvalue weighted by molar-refractivity contribution is 6.01. The molecular formula is C27H25FN4O4. The van der Waals surface area contributed by atoms with Crippen molar-refractivity contribution in [3.63, 3.8) is 0 Å². The zero-order chi connectivity index (χ0) is 25.8. The first-order valence-corrected chi connectivity index (χ1v) is 11.3. The third kappa shape index (κ3) is 5.25. The molecule has 2 N–H and O–H groups in total. The monoisotopic (exact) mass is 488 g/mol. The predicted molar refractivity (Wildman–Crippen MR) is 132 cm³/mol. The van der Waals surface area contributed by atoms with Crippen molar-refractivity contribution in [1.82, 2.24) is 10.5 Å². The Bertz CT molecular complexity index is 1420. The fourth-order valence-corrected chi connectivity index (χ4v) is 4.00. The lowest BCUT2D eigenvalue weighted by molar-refractivity contribution is -0.611. The van der Waals surface area contributed by atoms with Crippen LogP contribution in [0.15, 0.2) is 71.6 Å². The third-order valence-electron chi connectivity index (χ3n) is 5.99. The Kier molecular flexibility index (Phi) is 7.10. The molecule has 9 heteroatoms. The van der Waals surface area contributed by atoms with Gasteiger partial charge in [0, 0.05) is 25.1 Å². The summed E-state index contributed by atoms with van der Waals surface area (Å²) in [4.78, 5) is 25.9. The molecule has 8 nitrogen and oxygen atoms in total. The zero-order valence-electron chi connectivity index (χ0n) is 20.0. The van der Waals surface area contributed by atoms with Gasteiger partial charge in [-0.2, -0.15) is 4.73 Å². The van der Waals surface area contributed by atoms with Crippen molar-refractivity contribution in [2.24, 2.45) is 0 Å². The second-order valence-corrected chi connectivity index (χ2v) is 8.49. The van der Waals surface area contributed by atoms with Crippen LogP contribution < -0.4 is 15.4 Å². The molecule has 0 aliphatic rings. The highest BCUT2D eigenvalue weighted by Gasteiger charge is 2.25. The molecule has 2 heterocycles. The minimum Gasteiger partial charge on any atom is -0.618 e. The quantitative estimate of drug-likeness (QED) is 0.302. The van der Waals surface area contributed by atoms with E-state index in [-0.39, 0.29) is 17.5 Å². The van der Waals surface area contributed by atoms with Gasteiger partial charge in [0.05, 0.1) is 11.3 Å². The van der Waals surface area contributed by atoms with Crippen molar-refractivity contribution < 1.29 is 23.2 Å². The number of nitrogens with zero attached hydrogens (tertiary/aromatic N) is 2. The maximum absolute atomic E-state index is 14.3. The number of hydrogen-bond acceptors (Lipinski definition) is 5. The van der Waals surface area contributed by atoms with Crippen LogP contribution in [0.3, 0.4) is 0 Å². The maximum Gasteiger partial charge on any atom is 0.257 e. The van der Waals surface area contributed by atoms with E-state index < -0.39 is 23.7 Å². The van der Waals surface area contributed by atoms with Gasteiger partial charge in [-0.3, -0.25) is 9.59 Å². The summed E-state index contributed by atoms with van der Waals surface area (Å²) in [6.07, 6.45) is 2.60. The van der Waals surface area contributed by atoms with Crippen LogP contribution in [0.25, 0.3) is 11.1 Å². The first-order valence-electron chi connectivity index (χ1n) is 11.3. The van der Waals surface area contributed by atoms with E-state index in [0.29, 0.717) is 17.1 Å². The summed E-state index contributed by atoms with van der Waals surface area (Å²) in [5.74, 6) is -1.54. The van der Waals surface area contributed by atoms with E-state index in [1.54, 1.807) is 62.4 Å². The topological polar surface area (TPSA) is 111 Å². The van der Waals surface area contributed by atoms with Gasteiger partial charge in [-0.25, -0.2) is 4.39 Å². The van der Waals surface area contributed by atoms with Crippen LogP contribution in [0.4, 0.5) is 10.1 Å². The molecule has 184 valence electrons. The number of nitrogens with one attached hydrogen (secondary N) is 2. The van der Waals surface area contributed by atoms with Gasteiger partial charge in [0.2, 0.25) is 5.91 Å². The summed E-state index contributed by atoms with van der Waals surface area (Å²) in [6, 6.07) is 13.8. The van der Waals surface area contributed by atoms with Gasteiger partial charge < -0.3 is 20.4 Å². The SMILES string of the molecule is Cc1cc[n+]([O-])c(C)c1-c1ccc(NC(=O)[C@H](Cc2ccccc2F)NC(=O)c2conc2C)cc1. The Morgan fingerprint density at radius 2 is 1.81 bits per heavy atom. The summed E-state index contributed by atoms with van der Waals surface area (Å²) in [6.45, 7) is 5.28. The van der Waals surface area contributed by atoms with Gasteiger partial charge in [0.25, 0.3) is 5.91 Å². The molecular weight excluding hydrogens is 463 g/mol. The van der Waals surface area contributed by atoms with Crippen molar-refractivity contribution in [2.75, 3.05) is 5.32 Å². The number of amides is 2. The molecule has 0 radical (unpaired) electrons. The molecule has 0 saturated heterocycles. The van der Waals surface area contributed by atoms with Crippen LogP contribution in [0, 0.1) is 31.8 Å². The molecule has 1 atom stereocenters. The van der Waals surface area contributed by atoms with Crippen LogP contribution in [0.1, 0.15) is 32.9 Å². The number of carbonyl (C=O) groups is 2. The van der Waals surface area contributed by atoms with Gasteiger partial charge in [-0.15, -0.1) is 0 Å². The average Bonchev–Trinajstić information content (AvgIpc) is 3.29. The molecule has 36 heavy (non-hydrogen) atoms. The smallest absolute Gasteiger partial charge is 0.257 e. The molecule has 0 saturated carbocycles. The lowest BCUT2D eigenvalue weighted by atomic mass is 9.99. The molecule has 0 fully saturated rings. The van der Waals surface area contributed by atoms with Gasteiger partial charge in [0.1, 0.15) is 23.7 Å². The Morgan fingerprint density at radius 1 is 1.08 bits per heavy atom. The lowest BCUT2D eigenvalue weighted by Crippen LogP contribution is -2.45. The van der Waals surface area contributed by atoms with E-state index in [4.69, 9.17) is 4.52 Å². The maximum atomic E-state index is 14.3. The van der Waals surface area contributed by atoms with Gasteiger partial charge >= 0.3 is 0 Å². The van der Waals surface area contributed by atoms with Crippen molar-refractivity contribution in [1.29, 1.82) is 0 Å². The Balaban J connectivity index is 1.56. The predicted octanol–water partition coefficient (Wildman–Crippen LogP) is 4.02. The molecule has 4 aromatic rings. The summed E-state index contributed by atoms with van der Waals surface area (Å²) in [5.41, 5.74) is 4.51. The van der Waals surface area contributed by atoms with E-state index in [9.17, 15) is 19.2 Å². The Labute approximate surface area is 207 Å². The first kappa shape index (κ1) is 24.6. The normalized spacial score (nSPS) is 11.7. The van der Waals surface area contributed by atoms with E-state index in [1.165, 1.54) is 18.5 Å². The summed E-state index contributed by atoms with van der Waals surface area (Å²) >= 11 is 0. The minimum absolute atomic E-state index is 0.0570. The number of aromatic nitrogens is 2. The van der Waals surface area contributed by atoms with Crippen molar-refractivity contribution in [3.05, 3.63) is 106 Å². The molecule has 2 aromatic heterocycles. The molecule has 0 aliphatic heterocycles. The molecule has 0 aliphatic carbocycles. The lowest BCUT2D eigenvalue weighted by Gasteiger charge is -2.19. The largest absolute Gasteiger partial charge is 0.618 e. The third-order valence-corrected chi connectivity index (χ3v) is 5.99. The van der Waals surface area contributed by atoms with Crippen molar-refractivity contribution in [3.8, 4) is 11.1 Å². The molecule has 2 aromatic carbocycles. The zero-order valence-corrected chi connectivity index (χ0v) is 20.0. The van der Waals surface area contributed by atoms with Crippen LogP contribution >= 0.6 is 0 Å². The summed E-state index contributed by atoms with van der Waals surface area (Å²) in [7, 11) is 0. The van der Waals surface area contributed by atoms with Crippen LogP contribution in [0.2, 0.25) is 0 Å². The first-order chi connectivity index (χ1) is 17.2. The van der Waals surface area contributed by atoms with Crippen molar-refractivity contribution >= 4 is 17.5 Å². The second-order valence-electron chi connectivity index (χ2n) is 8.49. The minimum atomic E-state index is -1.07. The Morgan fingerprint density at radius 3 is 2.47 bits per heavy atom. The van der Waals surface area contributed by atoms with Gasteiger partial charge in [-0.05, 0) is 48.7 Å². The van der Waals surface area contributed by atoms with Crippen molar-refractivity contribution in [2.45, 2.75) is 33.2 Å². The van der Waals surface area contributed by atoms with E-state index >= 15 is 0 Å². The number of rotatable bonds is 7. The highest BCUT2D eigenvalue weighted by atomic mass is 19.1. The number of anilines is 1.